The van der Waals surface area contributed by atoms with Gasteiger partial charge >= 0.3 is 5.97 Å². The quantitative estimate of drug-likeness (QED) is 0.418. The van der Waals surface area contributed by atoms with Gasteiger partial charge in [-0.1, -0.05) is 29.8 Å². The lowest BCUT2D eigenvalue weighted by atomic mass is 10.1. The van der Waals surface area contributed by atoms with Crippen LogP contribution < -0.4 is 5.32 Å². The number of aliphatic carboxylic acids is 1. The van der Waals surface area contributed by atoms with Crippen molar-refractivity contribution in [2.24, 2.45) is 0 Å². The molecule has 0 radical (unpaired) electrons. The van der Waals surface area contributed by atoms with Crippen LogP contribution >= 0.6 is 11.6 Å². The number of hydrogen-bond donors (Lipinski definition) is 2. The molecule has 0 fully saturated rings. The van der Waals surface area contributed by atoms with Crippen molar-refractivity contribution >= 4 is 34.4 Å². The maximum absolute atomic E-state index is 12.6. The summed E-state index contributed by atoms with van der Waals surface area (Å²) in [6.07, 6.45) is 2.40. The zero-order valence-corrected chi connectivity index (χ0v) is 18.3. The van der Waals surface area contributed by atoms with Crippen molar-refractivity contribution in [2.75, 3.05) is 6.54 Å². The van der Waals surface area contributed by atoms with Crippen molar-refractivity contribution in [3.8, 4) is 11.8 Å². The van der Waals surface area contributed by atoms with E-state index in [0.717, 1.165) is 16.5 Å². The summed E-state index contributed by atoms with van der Waals surface area (Å²) in [6, 6.07) is 22.0. The largest absolute Gasteiger partial charge is 0.481 e. The highest BCUT2D eigenvalue weighted by Gasteiger charge is 2.12. The summed E-state index contributed by atoms with van der Waals surface area (Å²) in [5, 5.41) is 23.0. The van der Waals surface area contributed by atoms with Gasteiger partial charge in [0, 0.05) is 28.7 Å². The molecule has 6 nitrogen and oxygen atoms in total. The van der Waals surface area contributed by atoms with Crippen LogP contribution in [0.1, 0.15) is 27.0 Å². The minimum atomic E-state index is -0.947. The normalized spacial score (nSPS) is 10.7. The van der Waals surface area contributed by atoms with Gasteiger partial charge in [0.15, 0.2) is 0 Å². The molecule has 0 saturated carbocycles. The van der Waals surface area contributed by atoms with Gasteiger partial charge in [-0.25, -0.2) is 0 Å². The summed E-state index contributed by atoms with van der Waals surface area (Å²) >= 11 is 5.90. The van der Waals surface area contributed by atoms with Gasteiger partial charge in [0.2, 0.25) is 0 Å². The summed E-state index contributed by atoms with van der Waals surface area (Å²) in [5.74, 6) is -1.11. The number of fused-ring (bicyclic) bond motifs is 1. The molecule has 0 saturated heterocycles. The van der Waals surface area contributed by atoms with Crippen LogP contribution in [0.2, 0.25) is 5.02 Å². The van der Waals surface area contributed by atoms with E-state index in [1.807, 2.05) is 53.2 Å². The number of hydrogen-bond acceptors (Lipinski definition) is 3. The Hall–Kier alpha value is -4.08. The van der Waals surface area contributed by atoms with Crippen LogP contribution in [0.5, 0.6) is 0 Å². The summed E-state index contributed by atoms with van der Waals surface area (Å²) in [5.41, 5.74) is 4.09. The molecule has 2 N–H and O–H groups in total. The Kier molecular flexibility index (Phi) is 6.43. The molecule has 4 aromatic rings. The van der Waals surface area contributed by atoms with E-state index < -0.39 is 5.97 Å². The topological polar surface area (TPSA) is 95.1 Å². The molecule has 164 valence electrons. The SMILES string of the molecule is N#Cc1cc(CC(=O)O)ccc1-n1ccc2cc(C(=O)NCCc3ccc(Cl)cc3)ccc21. The van der Waals surface area contributed by atoms with Crippen molar-refractivity contribution in [2.45, 2.75) is 12.8 Å². The Morgan fingerprint density at radius 2 is 1.76 bits per heavy atom. The molecule has 0 aliphatic heterocycles. The Balaban J connectivity index is 1.51. The van der Waals surface area contributed by atoms with Crippen molar-refractivity contribution in [3.05, 3.63) is 100 Å². The lowest BCUT2D eigenvalue weighted by Gasteiger charge is -2.10. The first-order chi connectivity index (χ1) is 15.9. The first kappa shape index (κ1) is 22.1. The molecule has 0 atom stereocenters. The smallest absolute Gasteiger partial charge is 0.307 e. The molecule has 0 aliphatic rings. The van der Waals surface area contributed by atoms with Gasteiger partial charge in [0.25, 0.3) is 5.91 Å². The van der Waals surface area contributed by atoms with E-state index in [1.54, 1.807) is 24.3 Å². The van der Waals surface area contributed by atoms with Crippen LogP contribution in [-0.2, 0) is 17.6 Å². The maximum atomic E-state index is 12.6. The second kappa shape index (κ2) is 9.60. The summed E-state index contributed by atoms with van der Waals surface area (Å²) in [4.78, 5) is 23.6. The summed E-state index contributed by atoms with van der Waals surface area (Å²) in [6.45, 7) is 0.508. The molecule has 0 spiro atoms. The summed E-state index contributed by atoms with van der Waals surface area (Å²) < 4.78 is 1.86. The van der Waals surface area contributed by atoms with Crippen molar-refractivity contribution in [1.82, 2.24) is 9.88 Å². The van der Waals surface area contributed by atoms with Crippen molar-refractivity contribution in [3.63, 3.8) is 0 Å². The molecule has 1 amide bonds. The molecule has 1 aromatic heterocycles. The molecular weight excluding hydrogens is 438 g/mol. The average Bonchev–Trinajstić information content (AvgIpc) is 3.23. The summed E-state index contributed by atoms with van der Waals surface area (Å²) in [7, 11) is 0. The number of rotatable bonds is 7. The number of nitriles is 1. The van der Waals surface area contributed by atoms with E-state index in [2.05, 4.69) is 11.4 Å². The number of carboxylic acid groups (broad SMARTS) is 1. The monoisotopic (exact) mass is 457 g/mol. The van der Waals surface area contributed by atoms with Crippen LogP contribution in [0.15, 0.2) is 72.9 Å². The fourth-order valence-electron chi connectivity index (χ4n) is 3.73. The molecule has 0 unspecified atom stereocenters. The van der Waals surface area contributed by atoms with Crippen LogP contribution in [0.25, 0.3) is 16.6 Å². The van der Waals surface area contributed by atoms with Crippen LogP contribution in [0.4, 0.5) is 0 Å². The molecule has 0 bridgehead atoms. The highest BCUT2D eigenvalue weighted by molar-refractivity contribution is 6.30. The molecule has 7 heteroatoms. The first-order valence-corrected chi connectivity index (χ1v) is 10.7. The van der Waals surface area contributed by atoms with Crippen LogP contribution in [0.3, 0.4) is 0 Å². The number of benzene rings is 3. The van der Waals surface area contributed by atoms with Gasteiger partial charge in [-0.05, 0) is 66.1 Å². The third kappa shape index (κ3) is 5.05. The zero-order chi connectivity index (χ0) is 23.4. The predicted octanol–water partition coefficient (Wildman–Crippen LogP) is 4.76. The Morgan fingerprint density at radius 1 is 1.00 bits per heavy atom. The average molecular weight is 458 g/mol. The van der Waals surface area contributed by atoms with Gasteiger partial charge in [0.05, 0.1) is 23.2 Å². The Labute approximate surface area is 195 Å². The molecule has 0 aliphatic carbocycles. The number of carboxylic acids is 1. The van der Waals surface area contributed by atoms with Gasteiger partial charge in [-0.15, -0.1) is 0 Å². The van der Waals surface area contributed by atoms with Gasteiger partial charge < -0.3 is 15.0 Å². The number of carbonyl (C=O) groups excluding carboxylic acids is 1. The number of nitrogens with zero attached hydrogens (tertiary/aromatic N) is 2. The third-order valence-corrected chi connectivity index (χ3v) is 5.61. The number of amides is 1. The second-order valence-electron chi connectivity index (χ2n) is 7.63. The molecule has 3 aromatic carbocycles. The van der Waals surface area contributed by atoms with E-state index in [4.69, 9.17) is 16.7 Å². The van der Waals surface area contributed by atoms with E-state index in [1.165, 1.54) is 0 Å². The van der Waals surface area contributed by atoms with Gasteiger partial charge in [0.1, 0.15) is 6.07 Å². The second-order valence-corrected chi connectivity index (χ2v) is 8.06. The zero-order valence-electron chi connectivity index (χ0n) is 17.6. The number of carbonyl (C=O) groups is 2. The van der Waals surface area contributed by atoms with Gasteiger partial charge in [-0.2, -0.15) is 5.26 Å². The van der Waals surface area contributed by atoms with E-state index in [-0.39, 0.29) is 12.3 Å². The van der Waals surface area contributed by atoms with E-state index in [0.29, 0.717) is 40.4 Å². The first-order valence-electron chi connectivity index (χ1n) is 10.3. The minimum absolute atomic E-state index is 0.141. The molecule has 1 heterocycles. The fraction of sp³-hybridized carbons (Fsp3) is 0.115. The lowest BCUT2D eigenvalue weighted by Crippen LogP contribution is -2.25. The number of nitrogens with one attached hydrogen (secondary N) is 1. The molecule has 4 rings (SSSR count). The van der Waals surface area contributed by atoms with Gasteiger partial charge in [-0.3, -0.25) is 9.59 Å². The fourth-order valence-corrected chi connectivity index (χ4v) is 3.86. The number of aromatic nitrogens is 1. The Bertz CT molecular complexity index is 1380. The third-order valence-electron chi connectivity index (χ3n) is 5.36. The lowest BCUT2D eigenvalue weighted by molar-refractivity contribution is -0.136. The van der Waals surface area contributed by atoms with Crippen molar-refractivity contribution in [1.29, 1.82) is 5.26 Å². The van der Waals surface area contributed by atoms with E-state index >= 15 is 0 Å². The minimum Gasteiger partial charge on any atom is -0.481 e. The number of halogens is 1. The molecular formula is C26H20ClN3O3. The highest BCUT2D eigenvalue weighted by atomic mass is 35.5. The molecule has 33 heavy (non-hydrogen) atoms. The standard InChI is InChI=1S/C26H20ClN3O3/c27-22-5-1-17(2-6-22)9-11-29-26(33)20-4-8-23-19(15-20)10-12-30(23)24-7-3-18(14-25(31)32)13-21(24)16-28/h1-8,10,12-13,15H,9,11,14H2,(H,29,33)(H,31,32). The van der Waals surface area contributed by atoms with Crippen LogP contribution in [-0.4, -0.2) is 28.1 Å². The van der Waals surface area contributed by atoms with Crippen molar-refractivity contribution < 1.29 is 14.7 Å². The van der Waals surface area contributed by atoms with E-state index in [9.17, 15) is 14.9 Å². The van der Waals surface area contributed by atoms with Crippen LogP contribution in [0, 0.1) is 11.3 Å². The highest BCUT2D eigenvalue weighted by Crippen LogP contribution is 2.25. The predicted molar refractivity (Wildman–Crippen MR) is 127 cm³/mol. The Morgan fingerprint density at radius 3 is 2.48 bits per heavy atom. The maximum Gasteiger partial charge on any atom is 0.307 e.